The maximum atomic E-state index is 8.98. The highest BCUT2D eigenvalue weighted by Gasteiger charge is 2.07. The number of methoxy groups -OCH3 is 1. The smallest absolute Gasteiger partial charge is 0.136 e. The summed E-state index contributed by atoms with van der Waals surface area (Å²) < 4.78 is 6.14. The van der Waals surface area contributed by atoms with Crippen molar-refractivity contribution >= 4 is 15.9 Å². The summed E-state index contributed by atoms with van der Waals surface area (Å²) in [5.41, 5.74) is 2.02. The Morgan fingerprint density at radius 2 is 2.15 bits per heavy atom. The van der Waals surface area contributed by atoms with E-state index < -0.39 is 0 Å². The summed E-state index contributed by atoms with van der Waals surface area (Å²) in [5.74, 6) is 0.861. The van der Waals surface area contributed by atoms with E-state index in [0.717, 1.165) is 27.8 Å². The summed E-state index contributed by atoms with van der Waals surface area (Å²) in [7, 11) is 1.65. The first-order chi connectivity index (χ1) is 6.22. The minimum atomic E-state index is 0.0651. The molecular weight excluding hydrogens is 232 g/mol. The van der Waals surface area contributed by atoms with Gasteiger partial charge in [0, 0.05) is 0 Å². The lowest BCUT2D eigenvalue weighted by Gasteiger charge is -2.10. The van der Waals surface area contributed by atoms with E-state index >= 15 is 0 Å². The van der Waals surface area contributed by atoms with E-state index in [4.69, 9.17) is 9.84 Å². The van der Waals surface area contributed by atoms with Gasteiger partial charge in [-0.05, 0) is 45.6 Å². The number of aryl methyl sites for hydroxylation is 1. The number of hydrogen-bond donors (Lipinski definition) is 1. The molecule has 0 radical (unpaired) electrons. The quantitative estimate of drug-likeness (QED) is 0.886. The van der Waals surface area contributed by atoms with Gasteiger partial charge in [-0.2, -0.15) is 0 Å². The molecule has 1 aromatic carbocycles. The highest BCUT2D eigenvalue weighted by Crippen LogP contribution is 2.30. The van der Waals surface area contributed by atoms with Crippen LogP contribution in [0.3, 0.4) is 0 Å². The van der Waals surface area contributed by atoms with Crippen LogP contribution in [0, 0.1) is 0 Å². The molecule has 0 heterocycles. The molecule has 0 aromatic heterocycles. The molecule has 72 valence electrons. The second kappa shape index (κ2) is 4.63. The molecule has 0 bridgehead atoms. The van der Waals surface area contributed by atoms with Gasteiger partial charge in [-0.25, -0.2) is 0 Å². The van der Waals surface area contributed by atoms with Gasteiger partial charge in [0.15, 0.2) is 0 Å². The van der Waals surface area contributed by atoms with Crippen LogP contribution in [0.2, 0.25) is 0 Å². The average molecular weight is 245 g/mol. The van der Waals surface area contributed by atoms with Gasteiger partial charge in [-0.1, -0.05) is 6.92 Å². The Hall–Kier alpha value is -0.540. The molecule has 0 unspecified atom stereocenters. The van der Waals surface area contributed by atoms with E-state index in [9.17, 15) is 0 Å². The van der Waals surface area contributed by atoms with Crippen molar-refractivity contribution in [2.24, 2.45) is 0 Å². The molecule has 0 amide bonds. The number of benzene rings is 1. The lowest BCUT2D eigenvalue weighted by Crippen LogP contribution is -1.94. The van der Waals surface area contributed by atoms with Gasteiger partial charge in [0.25, 0.3) is 0 Å². The Labute approximate surface area is 86.7 Å². The summed E-state index contributed by atoms with van der Waals surface area (Å²) >= 11 is 3.40. The lowest BCUT2D eigenvalue weighted by atomic mass is 10.1. The van der Waals surface area contributed by atoms with Gasteiger partial charge in [0.1, 0.15) is 5.75 Å². The summed E-state index contributed by atoms with van der Waals surface area (Å²) in [6.45, 7) is 2.13. The Balaban J connectivity index is 3.20. The number of rotatable bonds is 3. The zero-order valence-electron chi connectivity index (χ0n) is 7.80. The third-order valence-electron chi connectivity index (χ3n) is 1.95. The molecule has 0 spiro atoms. The van der Waals surface area contributed by atoms with Crippen molar-refractivity contribution in [3.63, 3.8) is 0 Å². The standard InChI is InChI=1S/C10H13BrO2/c1-3-8-4-7(6-12)5-9(11)10(8)13-2/h4-5,12H,3,6H2,1-2H3. The van der Waals surface area contributed by atoms with Crippen molar-refractivity contribution in [2.45, 2.75) is 20.0 Å². The predicted molar refractivity (Wildman–Crippen MR) is 56.0 cm³/mol. The Kier molecular flexibility index (Phi) is 3.75. The summed E-state index contributed by atoms with van der Waals surface area (Å²) in [6.07, 6.45) is 0.898. The van der Waals surface area contributed by atoms with E-state index in [2.05, 4.69) is 22.9 Å². The van der Waals surface area contributed by atoms with Gasteiger partial charge in [-0.3, -0.25) is 0 Å². The monoisotopic (exact) mass is 244 g/mol. The summed E-state index contributed by atoms with van der Waals surface area (Å²) in [6, 6.07) is 3.83. The third-order valence-corrected chi connectivity index (χ3v) is 2.54. The minimum absolute atomic E-state index is 0.0651. The topological polar surface area (TPSA) is 29.5 Å². The molecule has 3 heteroatoms. The van der Waals surface area contributed by atoms with Crippen LogP contribution in [0.5, 0.6) is 5.75 Å². The number of ether oxygens (including phenoxy) is 1. The zero-order valence-corrected chi connectivity index (χ0v) is 9.39. The highest BCUT2D eigenvalue weighted by atomic mass is 79.9. The summed E-state index contributed by atoms with van der Waals surface area (Å²) in [4.78, 5) is 0. The van der Waals surface area contributed by atoms with E-state index in [1.54, 1.807) is 7.11 Å². The van der Waals surface area contributed by atoms with Crippen LogP contribution >= 0.6 is 15.9 Å². The highest BCUT2D eigenvalue weighted by molar-refractivity contribution is 9.10. The van der Waals surface area contributed by atoms with Crippen LogP contribution in [-0.4, -0.2) is 12.2 Å². The fourth-order valence-electron chi connectivity index (χ4n) is 1.30. The van der Waals surface area contributed by atoms with Crippen molar-refractivity contribution in [1.29, 1.82) is 0 Å². The first-order valence-corrected chi connectivity index (χ1v) is 4.98. The molecule has 1 rings (SSSR count). The van der Waals surface area contributed by atoms with Crippen LogP contribution in [0.4, 0.5) is 0 Å². The maximum Gasteiger partial charge on any atom is 0.136 e. The SMILES string of the molecule is CCc1cc(CO)cc(Br)c1OC. The van der Waals surface area contributed by atoms with Crippen LogP contribution in [0.15, 0.2) is 16.6 Å². The second-order valence-electron chi connectivity index (χ2n) is 2.78. The van der Waals surface area contributed by atoms with Crippen molar-refractivity contribution < 1.29 is 9.84 Å². The lowest BCUT2D eigenvalue weighted by molar-refractivity contribution is 0.281. The number of aliphatic hydroxyl groups is 1. The fraction of sp³-hybridized carbons (Fsp3) is 0.400. The van der Waals surface area contributed by atoms with E-state index in [1.807, 2.05) is 12.1 Å². The molecule has 13 heavy (non-hydrogen) atoms. The first kappa shape index (κ1) is 10.5. The van der Waals surface area contributed by atoms with Gasteiger partial charge < -0.3 is 9.84 Å². The predicted octanol–water partition coefficient (Wildman–Crippen LogP) is 2.51. The van der Waals surface area contributed by atoms with E-state index in [-0.39, 0.29) is 6.61 Å². The molecular formula is C10H13BrO2. The Morgan fingerprint density at radius 3 is 2.62 bits per heavy atom. The Bertz CT molecular complexity index is 297. The fourth-order valence-corrected chi connectivity index (χ4v) is 2.01. The van der Waals surface area contributed by atoms with Crippen LogP contribution in [0.1, 0.15) is 18.1 Å². The minimum Gasteiger partial charge on any atom is -0.495 e. The van der Waals surface area contributed by atoms with Crippen molar-refractivity contribution in [3.8, 4) is 5.75 Å². The van der Waals surface area contributed by atoms with Gasteiger partial charge >= 0.3 is 0 Å². The molecule has 0 saturated heterocycles. The molecule has 0 aliphatic rings. The molecule has 0 atom stereocenters. The van der Waals surface area contributed by atoms with Crippen molar-refractivity contribution in [1.82, 2.24) is 0 Å². The van der Waals surface area contributed by atoms with E-state index in [0.29, 0.717) is 0 Å². The number of aliphatic hydroxyl groups excluding tert-OH is 1. The van der Waals surface area contributed by atoms with Crippen molar-refractivity contribution in [3.05, 3.63) is 27.7 Å². The van der Waals surface area contributed by atoms with Crippen molar-refractivity contribution in [2.75, 3.05) is 7.11 Å². The van der Waals surface area contributed by atoms with E-state index in [1.165, 1.54) is 0 Å². The number of hydrogen-bond acceptors (Lipinski definition) is 2. The Morgan fingerprint density at radius 1 is 1.46 bits per heavy atom. The van der Waals surface area contributed by atoms with Crippen LogP contribution in [0.25, 0.3) is 0 Å². The summed E-state index contributed by atoms with van der Waals surface area (Å²) in [5, 5.41) is 8.98. The van der Waals surface area contributed by atoms with Crippen LogP contribution < -0.4 is 4.74 Å². The first-order valence-electron chi connectivity index (χ1n) is 4.19. The van der Waals surface area contributed by atoms with Crippen LogP contribution in [-0.2, 0) is 13.0 Å². The molecule has 2 nitrogen and oxygen atoms in total. The molecule has 0 aliphatic carbocycles. The number of halogens is 1. The van der Waals surface area contributed by atoms with Gasteiger partial charge in [0.05, 0.1) is 18.2 Å². The molecule has 0 aliphatic heterocycles. The molecule has 0 saturated carbocycles. The van der Waals surface area contributed by atoms with Gasteiger partial charge in [-0.15, -0.1) is 0 Å². The maximum absolute atomic E-state index is 8.98. The molecule has 0 fully saturated rings. The zero-order chi connectivity index (χ0) is 9.84. The second-order valence-corrected chi connectivity index (χ2v) is 3.64. The normalized spacial score (nSPS) is 10.2. The largest absolute Gasteiger partial charge is 0.495 e. The third kappa shape index (κ3) is 2.23. The molecule has 1 N–H and O–H groups in total. The average Bonchev–Trinajstić information content (AvgIpc) is 2.16. The molecule has 1 aromatic rings. The van der Waals surface area contributed by atoms with Gasteiger partial charge in [0.2, 0.25) is 0 Å².